The fourth-order valence-corrected chi connectivity index (χ4v) is 3.58. The third-order valence-electron chi connectivity index (χ3n) is 3.52. The molecule has 0 bridgehead atoms. The van der Waals surface area contributed by atoms with Gasteiger partial charge < -0.3 is 11.1 Å². The van der Waals surface area contributed by atoms with Gasteiger partial charge in [0.15, 0.2) is 0 Å². The SMILES string of the molecule is Nc1ccc(F)cc1C(=O)NC1CCSc2ccccc21. The molecule has 1 unspecified atom stereocenters. The summed E-state index contributed by atoms with van der Waals surface area (Å²) in [6, 6.07) is 11.8. The van der Waals surface area contributed by atoms with Gasteiger partial charge in [-0.2, -0.15) is 0 Å². The molecule has 1 amide bonds. The van der Waals surface area contributed by atoms with Crippen LogP contribution in [-0.2, 0) is 0 Å². The first kappa shape index (κ1) is 13.9. The first-order valence-electron chi connectivity index (χ1n) is 6.73. The van der Waals surface area contributed by atoms with Crippen LogP contribution in [0.5, 0.6) is 0 Å². The number of carbonyl (C=O) groups is 1. The number of nitrogens with one attached hydrogen (secondary N) is 1. The Morgan fingerprint density at radius 1 is 1.29 bits per heavy atom. The predicted molar refractivity (Wildman–Crippen MR) is 82.8 cm³/mol. The van der Waals surface area contributed by atoms with Crippen LogP contribution in [0.4, 0.5) is 10.1 Å². The van der Waals surface area contributed by atoms with E-state index in [-0.39, 0.29) is 23.2 Å². The molecule has 0 saturated carbocycles. The molecular formula is C16H15FN2OS. The number of amides is 1. The molecule has 21 heavy (non-hydrogen) atoms. The average molecular weight is 302 g/mol. The van der Waals surface area contributed by atoms with Gasteiger partial charge in [-0.15, -0.1) is 11.8 Å². The smallest absolute Gasteiger partial charge is 0.253 e. The van der Waals surface area contributed by atoms with Crippen LogP contribution in [0.25, 0.3) is 0 Å². The van der Waals surface area contributed by atoms with Crippen molar-refractivity contribution in [2.24, 2.45) is 0 Å². The summed E-state index contributed by atoms with van der Waals surface area (Å²) in [5.41, 5.74) is 7.34. The first-order chi connectivity index (χ1) is 10.1. The highest BCUT2D eigenvalue weighted by molar-refractivity contribution is 7.99. The van der Waals surface area contributed by atoms with Crippen molar-refractivity contribution in [3.63, 3.8) is 0 Å². The monoisotopic (exact) mass is 302 g/mol. The number of carbonyl (C=O) groups excluding carboxylic acids is 1. The second-order valence-electron chi connectivity index (χ2n) is 4.93. The van der Waals surface area contributed by atoms with E-state index in [1.807, 2.05) is 18.2 Å². The molecule has 1 heterocycles. The topological polar surface area (TPSA) is 55.1 Å². The molecule has 0 aromatic heterocycles. The van der Waals surface area contributed by atoms with Gasteiger partial charge in [0.2, 0.25) is 0 Å². The maximum absolute atomic E-state index is 13.3. The molecule has 0 fully saturated rings. The normalized spacial score (nSPS) is 17.1. The highest BCUT2D eigenvalue weighted by Gasteiger charge is 2.23. The summed E-state index contributed by atoms with van der Waals surface area (Å²) < 4.78 is 13.3. The average Bonchev–Trinajstić information content (AvgIpc) is 2.50. The van der Waals surface area contributed by atoms with Crippen molar-refractivity contribution in [3.05, 3.63) is 59.4 Å². The van der Waals surface area contributed by atoms with Gasteiger partial charge in [0.1, 0.15) is 5.82 Å². The van der Waals surface area contributed by atoms with E-state index in [1.54, 1.807) is 11.8 Å². The van der Waals surface area contributed by atoms with Crippen molar-refractivity contribution in [3.8, 4) is 0 Å². The van der Waals surface area contributed by atoms with E-state index >= 15 is 0 Å². The van der Waals surface area contributed by atoms with Crippen LogP contribution in [0.3, 0.4) is 0 Å². The van der Waals surface area contributed by atoms with E-state index in [4.69, 9.17) is 5.73 Å². The third-order valence-corrected chi connectivity index (χ3v) is 4.65. The molecule has 0 aliphatic carbocycles. The van der Waals surface area contributed by atoms with Crippen molar-refractivity contribution in [1.29, 1.82) is 0 Å². The molecule has 0 saturated heterocycles. The molecule has 5 heteroatoms. The van der Waals surface area contributed by atoms with Crippen molar-refractivity contribution in [2.45, 2.75) is 17.4 Å². The summed E-state index contributed by atoms with van der Waals surface area (Å²) in [5.74, 6) is 0.147. The number of nitrogen functional groups attached to an aromatic ring is 1. The first-order valence-corrected chi connectivity index (χ1v) is 7.71. The molecular weight excluding hydrogens is 287 g/mol. The van der Waals surface area contributed by atoms with E-state index < -0.39 is 5.82 Å². The summed E-state index contributed by atoms with van der Waals surface area (Å²) in [6.45, 7) is 0. The molecule has 1 aliphatic heterocycles. The Balaban J connectivity index is 1.84. The Labute approximate surface area is 126 Å². The lowest BCUT2D eigenvalue weighted by molar-refractivity contribution is 0.0935. The summed E-state index contributed by atoms with van der Waals surface area (Å²) >= 11 is 1.78. The second kappa shape index (κ2) is 5.77. The van der Waals surface area contributed by atoms with Crippen LogP contribution >= 0.6 is 11.8 Å². The third kappa shape index (κ3) is 2.88. The molecule has 1 aliphatic rings. The largest absolute Gasteiger partial charge is 0.398 e. The van der Waals surface area contributed by atoms with Crippen LogP contribution < -0.4 is 11.1 Å². The van der Waals surface area contributed by atoms with Crippen molar-refractivity contribution < 1.29 is 9.18 Å². The van der Waals surface area contributed by atoms with Gasteiger partial charge in [-0.1, -0.05) is 18.2 Å². The Morgan fingerprint density at radius 3 is 2.95 bits per heavy atom. The molecule has 3 nitrogen and oxygen atoms in total. The van der Waals surface area contributed by atoms with Gasteiger partial charge >= 0.3 is 0 Å². The standard InChI is InChI=1S/C16H15FN2OS/c17-10-5-6-13(18)12(9-10)16(20)19-14-7-8-21-15-4-2-1-3-11(14)15/h1-6,9,14H,7-8,18H2,(H,19,20). The van der Waals surface area contributed by atoms with Gasteiger partial charge in [0.25, 0.3) is 5.91 Å². The van der Waals surface area contributed by atoms with Gasteiger partial charge in [-0.05, 0) is 36.2 Å². The van der Waals surface area contributed by atoms with Crippen molar-refractivity contribution in [2.75, 3.05) is 11.5 Å². The zero-order valence-electron chi connectivity index (χ0n) is 11.3. The molecule has 3 rings (SSSR count). The molecule has 1 atom stereocenters. The molecule has 0 spiro atoms. The molecule has 0 radical (unpaired) electrons. The van der Waals surface area contributed by atoms with Crippen LogP contribution in [0.1, 0.15) is 28.4 Å². The molecule has 2 aromatic rings. The zero-order chi connectivity index (χ0) is 14.8. The maximum atomic E-state index is 13.3. The summed E-state index contributed by atoms with van der Waals surface area (Å²) in [6.07, 6.45) is 0.850. The van der Waals surface area contributed by atoms with Crippen LogP contribution in [0.15, 0.2) is 47.4 Å². The number of hydrogen-bond acceptors (Lipinski definition) is 3. The lowest BCUT2D eigenvalue weighted by Crippen LogP contribution is -2.31. The molecule has 3 N–H and O–H groups in total. The van der Waals surface area contributed by atoms with Crippen LogP contribution in [0.2, 0.25) is 0 Å². The van der Waals surface area contributed by atoms with E-state index in [9.17, 15) is 9.18 Å². The van der Waals surface area contributed by atoms with E-state index in [0.717, 1.165) is 17.7 Å². The summed E-state index contributed by atoms with van der Waals surface area (Å²) in [5, 5.41) is 2.96. The predicted octanol–water partition coefficient (Wildman–Crippen LogP) is 3.37. The minimum atomic E-state index is -0.464. The minimum Gasteiger partial charge on any atom is -0.398 e. The number of rotatable bonds is 2. The minimum absolute atomic E-state index is 0.0578. The fraction of sp³-hybridized carbons (Fsp3) is 0.188. The lowest BCUT2D eigenvalue weighted by Gasteiger charge is -2.26. The Hall–Kier alpha value is -2.01. The van der Waals surface area contributed by atoms with E-state index in [1.165, 1.54) is 23.1 Å². The quantitative estimate of drug-likeness (QED) is 0.836. The number of fused-ring (bicyclic) bond motifs is 1. The van der Waals surface area contributed by atoms with Gasteiger partial charge in [-0.3, -0.25) is 4.79 Å². The Kier molecular flexibility index (Phi) is 3.84. The van der Waals surface area contributed by atoms with Crippen molar-refractivity contribution in [1.82, 2.24) is 5.32 Å². The van der Waals surface area contributed by atoms with Crippen LogP contribution in [0, 0.1) is 5.82 Å². The number of halogens is 1. The van der Waals surface area contributed by atoms with Gasteiger partial charge in [0, 0.05) is 16.3 Å². The number of benzene rings is 2. The van der Waals surface area contributed by atoms with E-state index in [2.05, 4.69) is 11.4 Å². The summed E-state index contributed by atoms with van der Waals surface area (Å²) in [4.78, 5) is 13.5. The molecule has 108 valence electrons. The van der Waals surface area contributed by atoms with Crippen LogP contribution in [-0.4, -0.2) is 11.7 Å². The highest BCUT2D eigenvalue weighted by Crippen LogP contribution is 2.36. The van der Waals surface area contributed by atoms with Gasteiger partial charge in [-0.25, -0.2) is 4.39 Å². The fourth-order valence-electron chi connectivity index (χ4n) is 2.45. The Morgan fingerprint density at radius 2 is 2.10 bits per heavy atom. The zero-order valence-corrected chi connectivity index (χ0v) is 12.1. The second-order valence-corrected chi connectivity index (χ2v) is 6.07. The number of nitrogens with two attached hydrogens (primary N) is 1. The lowest BCUT2D eigenvalue weighted by atomic mass is 10.0. The maximum Gasteiger partial charge on any atom is 0.253 e. The Bertz CT molecular complexity index is 690. The molecule has 2 aromatic carbocycles. The number of hydrogen-bond donors (Lipinski definition) is 2. The highest BCUT2D eigenvalue weighted by atomic mass is 32.2. The number of thioether (sulfide) groups is 1. The van der Waals surface area contributed by atoms with E-state index in [0.29, 0.717) is 0 Å². The van der Waals surface area contributed by atoms with Gasteiger partial charge in [0.05, 0.1) is 11.6 Å². The van der Waals surface area contributed by atoms with Crippen molar-refractivity contribution >= 4 is 23.4 Å². The summed E-state index contributed by atoms with van der Waals surface area (Å²) in [7, 11) is 0. The number of anilines is 1.